The monoisotopic (exact) mass is 522 g/mol. The lowest BCUT2D eigenvalue weighted by molar-refractivity contribution is -0.221. The maximum Gasteiger partial charge on any atom is 0.321 e. The minimum atomic E-state index is -1.85. The molecule has 0 bridgehead atoms. The second kappa shape index (κ2) is 10.4. The Morgan fingerprint density at radius 3 is 1.46 bits per heavy atom. The molecule has 1 atom stereocenters. The molecular formula is C31H58N2O4. The summed E-state index contributed by atoms with van der Waals surface area (Å²) in [5.74, 6) is -3.22. The van der Waals surface area contributed by atoms with E-state index in [1.165, 1.54) is 0 Å². The molecule has 2 aliphatic heterocycles. The smallest absolute Gasteiger partial charge is 0.321 e. The molecule has 6 heteroatoms. The molecule has 0 spiro atoms. The van der Waals surface area contributed by atoms with E-state index in [1.807, 2.05) is 0 Å². The molecule has 0 aromatic rings. The van der Waals surface area contributed by atoms with E-state index < -0.39 is 34.6 Å². The van der Waals surface area contributed by atoms with Crippen molar-refractivity contribution in [2.24, 2.45) is 22.7 Å². The molecule has 0 aromatic heterocycles. The van der Waals surface area contributed by atoms with Gasteiger partial charge in [0.05, 0.1) is 0 Å². The van der Waals surface area contributed by atoms with Crippen LogP contribution in [0.2, 0.25) is 0 Å². The van der Waals surface area contributed by atoms with Gasteiger partial charge in [-0.3, -0.25) is 19.4 Å². The number of unbranched alkanes of at least 4 members (excludes halogenated alkanes) is 2. The lowest BCUT2D eigenvalue weighted by Crippen LogP contribution is -2.74. The molecular weight excluding hydrogens is 464 g/mol. The molecule has 2 heterocycles. The largest absolute Gasteiger partial charge is 0.480 e. The number of carboxylic acids is 2. The van der Waals surface area contributed by atoms with Crippen molar-refractivity contribution in [1.82, 2.24) is 9.80 Å². The number of nitrogens with zero attached hydrogens (tertiary/aromatic N) is 2. The number of hydrogen-bond acceptors (Lipinski definition) is 4. The maximum atomic E-state index is 13.7. The standard InChI is InChI=1S/C31H58N2O4/c1-13-15-17-30(18-16-14-2)23(21-28(7,8)33(12)29(30,9)10)31(24(34)35,25(36)37)22-19-26(3,4)32(11)27(5,6)20-22/h22-23H,13-21H2,1-12H3,(H,34,35)(H,36,37). The fourth-order valence-electron chi connectivity index (χ4n) is 8.73. The molecule has 0 aromatic carbocycles. The molecule has 2 rings (SSSR count). The average Bonchev–Trinajstić information content (AvgIpc) is 2.75. The Labute approximate surface area is 227 Å². The van der Waals surface area contributed by atoms with Crippen LogP contribution in [0, 0.1) is 22.7 Å². The topological polar surface area (TPSA) is 81.1 Å². The number of rotatable bonds is 10. The van der Waals surface area contributed by atoms with Crippen molar-refractivity contribution in [3.63, 3.8) is 0 Å². The van der Waals surface area contributed by atoms with E-state index in [4.69, 9.17) is 0 Å². The molecule has 0 saturated carbocycles. The van der Waals surface area contributed by atoms with Gasteiger partial charge >= 0.3 is 11.9 Å². The molecule has 0 amide bonds. The molecule has 2 N–H and O–H groups in total. The Hall–Kier alpha value is -1.14. The van der Waals surface area contributed by atoms with Gasteiger partial charge in [0.1, 0.15) is 0 Å². The first-order valence-corrected chi connectivity index (χ1v) is 14.7. The summed E-state index contributed by atoms with van der Waals surface area (Å²) < 4.78 is 0. The number of carboxylic acid groups (broad SMARTS) is 2. The summed E-state index contributed by atoms with van der Waals surface area (Å²) in [7, 11) is 4.25. The lowest BCUT2D eigenvalue weighted by Gasteiger charge is -2.68. The van der Waals surface area contributed by atoms with Crippen molar-refractivity contribution < 1.29 is 19.8 Å². The SMILES string of the molecule is CCCCC1(CCCC)C(C(C(=O)O)(C(=O)O)C2CC(C)(C)N(C)C(C)(C)C2)CC(C)(C)N(C)C1(C)C. The third-order valence-corrected chi connectivity index (χ3v) is 11.5. The van der Waals surface area contributed by atoms with E-state index in [0.29, 0.717) is 19.3 Å². The van der Waals surface area contributed by atoms with Gasteiger partial charge in [0, 0.05) is 22.2 Å². The van der Waals surface area contributed by atoms with Crippen LogP contribution in [0.25, 0.3) is 0 Å². The zero-order valence-electron chi connectivity index (χ0n) is 26.1. The fraction of sp³-hybridized carbons (Fsp3) is 0.935. The summed E-state index contributed by atoms with van der Waals surface area (Å²) in [5.41, 5.74) is -3.60. The predicted molar refractivity (Wildman–Crippen MR) is 152 cm³/mol. The second-order valence-electron chi connectivity index (χ2n) is 14.8. The van der Waals surface area contributed by atoms with Gasteiger partial charge in [-0.05, 0) is 119 Å². The first-order valence-electron chi connectivity index (χ1n) is 14.7. The number of hydrogen-bond donors (Lipinski definition) is 2. The van der Waals surface area contributed by atoms with Crippen LogP contribution >= 0.6 is 0 Å². The summed E-state index contributed by atoms with van der Waals surface area (Å²) in [4.78, 5) is 32.1. The van der Waals surface area contributed by atoms with Crippen LogP contribution < -0.4 is 0 Å². The van der Waals surface area contributed by atoms with Gasteiger partial charge in [-0.25, -0.2) is 0 Å². The molecule has 1 unspecified atom stereocenters. The van der Waals surface area contributed by atoms with E-state index in [0.717, 1.165) is 38.5 Å². The highest BCUT2D eigenvalue weighted by Crippen LogP contribution is 2.65. The van der Waals surface area contributed by atoms with Crippen LogP contribution in [0.15, 0.2) is 0 Å². The van der Waals surface area contributed by atoms with Crippen molar-refractivity contribution in [2.45, 2.75) is 149 Å². The first kappa shape index (κ1) is 32.1. The Morgan fingerprint density at radius 2 is 1.11 bits per heavy atom. The van der Waals surface area contributed by atoms with Crippen molar-refractivity contribution in [3.8, 4) is 0 Å². The number of carbonyl (C=O) groups is 2. The molecule has 6 nitrogen and oxygen atoms in total. The summed E-state index contributed by atoms with van der Waals surface area (Å²) in [6.07, 6.45) is 7.32. The highest BCUT2D eigenvalue weighted by atomic mass is 16.4. The van der Waals surface area contributed by atoms with Crippen LogP contribution in [0.3, 0.4) is 0 Å². The van der Waals surface area contributed by atoms with Crippen molar-refractivity contribution in [1.29, 1.82) is 0 Å². The molecule has 37 heavy (non-hydrogen) atoms. The van der Waals surface area contributed by atoms with Crippen molar-refractivity contribution in [2.75, 3.05) is 14.1 Å². The summed E-state index contributed by atoms with van der Waals surface area (Å²) >= 11 is 0. The molecule has 0 radical (unpaired) electrons. The van der Waals surface area contributed by atoms with Crippen LogP contribution in [0.4, 0.5) is 0 Å². The van der Waals surface area contributed by atoms with Gasteiger partial charge in [0.15, 0.2) is 5.41 Å². The highest BCUT2D eigenvalue weighted by molar-refractivity contribution is 5.99. The summed E-state index contributed by atoms with van der Waals surface area (Å²) in [6, 6.07) is 0. The number of aliphatic carboxylic acids is 2. The van der Waals surface area contributed by atoms with Crippen LogP contribution in [-0.4, -0.2) is 68.2 Å². The Kier molecular flexibility index (Phi) is 9.05. The maximum absolute atomic E-state index is 13.7. The summed E-state index contributed by atoms with van der Waals surface area (Å²) in [6.45, 7) is 21.7. The van der Waals surface area contributed by atoms with Crippen molar-refractivity contribution in [3.05, 3.63) is 0 Å². The Morgan fingerprint density at radius 1 is 0.730 bits per heavy atom. The zero-order valence-corrected chi connectivity index (χ0v) is 26.1. The van der Waals surface area contributed by atoms with Gasteiger partial charge in [-0.15, -0.1) is 0 Å². The van der Waals surface area contributed by atoms with E-state index >= 15 is 0 Å². The van der Waals surface area contributed by atoms with Gasteiger partial charge in [-0.1, -0.05) is 39.5 Å². The molecule has 2 aliphatic rings. The third kappa shape index (κ3) is 4.99. The fourth-order valence-corrected chi connectivity index (χ4v) is 8.73. The minimum Gasteiger partial charge on any atom is -0.480 e. The molecule has 2 fully saturated rings. The summed E-state index contributed by atoms with van der Waals surface area (Å²) in [5, 5.41) is 22.4. The number of piperidine rings is 2. The number of likely N-dealkylation sites (tertiary alicyclic amines) is 2. The lowest BCUT2D eigenvalue weighted by atomic mass is 9.43. The predicted octanol–water partition coefficient (Wildman–Crippen LogP) is 6.92. The molecule has 0 aliphatic carbocycles. The first-order chi connectivity index (χ1) is 16.7. The van der Waals surface area contributed by atoms with Gasteiger partial charge in [0.25, 0.3) is 0 Å². The van der Waals surface area contributed by atoms with E-state index in [2.05, 4.69) is 93.1 Å². The zero-order chi connectivity index (χ0) is 28.8. The quantitative estimate of drug-likeness (QED) is 0.303. The van der Waals surface area contributed by atoms with Crippen LogP contribution in [-0.2, 0) is 9.59 Å². The van der Waals surface area contributed by atoms with Gasteiger partial charge in [-0.2, -0.15) is 0 Å². The third-order valence-electron chi connectivity index (χ3n) is 11.5. The van der Waals surface area contributed by atoms with Gasteiger partial charge in [0.2, 0.25) is 0 Å². The molecule has 216 valence electrons. The van der Waals surface area contributed by atoms with E-state index in [9.17, 15) is 19.8 Å². The van der Waals surface area contributed by atoms with Crippen LogP contribution in [0.5, 0.6) is 0 Å². The van der Waals surface area contributed by atoms with Crippen LogP contribution in [0.1, 0.15) is 127 Å². The van der Waals surface area contributed by atoms with Crippen molar-refractivity contribution >= 4 is 11.9 Å². The van der Waals surface area contributed by atoms with E-state index in [-0.39, 0.29) is 22.2 Å². The average molecular weight is 523 g/mol. The van der Waals surface area contributed by atoms with E-state index in [1.54, 1.807) is 0 Å². The molecule has 2 saturated heterocycles. The second-order valence-corrected chi connectivity index (χ2v) is 14.8. The normalized spacial score (nSPS) is 27.6. The van der Waals surface area contributed by atoms with Gasteiger partial charge < -0.3 is 10.2 Å². The Bertz CT molecular complexity index is 804. The minimum absolute atomic E-state index is 0.311. The Balaban J connectivity index is 2.97. The highest BCUT2D eigenvalue weighted by Gasteiger charge is 2.71.